The van der Waals surface area contributed by atoms with Crippen molar-refractivity contribution >= 4 is 38.9 Å². The van der Waals surface area contributed by atoms with Crippen LogP contribution in [-0.2, 0) is 11.3 Å². The average Bonchev–Trinajstić information content (AvgIpc) is 2.89. The first-order valence-electron chi connectivity index (χ1n) is 5.71. The van der Waals surface area contributed by atoms with E-state index in [1.54, 1.807) is 17.4 Å². The number of hydrogen-bond donors (Lipinski definition) is 2. The molecule has 0 saturated carbocycles. The summed E-state index contributed by atoms with van der Waals surface area (Å²) in [7, 11) is 0. The summed E-state index contributed by atoms with van der Waals surface area (Å²) in [6.45, 7) is 0.602. The Morgan fingerprint density at radius 2 is 2.21 bits per heavy atom. The number of hydrogen-bond acceptors (Lipinski definition) is 3. The third-order valence-electron chi connectivity index (χ3n) is 2.96. The van der Waals surface area contributed by atoms with Crippen molar-refractivity contribution in [1.29, 1.82) is 0 Å². The SMILES string of the molecule is O=C1Nc2cc(F)ccc2C1NCc1ccc(Br)s1. The molecule has 3 nitrogen and oxygen atoms in total. The highest BCUT2D eigenvalue weighted by Gasteiger charge is 2.30. The molecule has 1 aliphatic heterocycles. The van der Waals surface area contributed by atoms with E-state index >= 15 is 0 Å². The number of benzene rings is 1. The number of nitrogens with one attached hydrogen (secondary N) is 2. The van der Waals surface area contributed by atoms with Crippen LogP contribution in [0.25, 0.3) is 0 Å². The fourth-order valence-electron chi connectivity index (χ4n) is 2.09. The predicted molar refractivity (Wildman–Crippen MR) is 76.6 cm³/mol. The second-order valence-corrected chi connectivity index (χ2v) is 6.79. The molecule has 2 heterocycles. The zero-order valence-corrected chi connectivity index (χ0v) is 12.1. The Hall–Kier alpha value is -1.24. The largest absolute Gasteiger partial charge is 0.324 e. The second kappa shape index (κ2) is 5.03. The van der Waals surface area contributed by atoms with Gasteiger partial charge < -0.3 is 5.32 Å². The predicted octanol–water partition coefficient (Wildman–Crippen LogP) is 3.43. The van der Waals surface area contributed by atoms with E-state index in [1.165, 1.54) is 12.1 Å². The van der Waals surface area contributed by atoms with Crippen LogP contribution >= 0.6 is 27.3 Å². The number of anilines is 1. The molecular weight excluding hydrogens is 331 g/mol. The molecule has 0 saturated heterocycles. The van der Waals surface area contributed by atoms with Gasteiger partial charge in [0.1, 0.15) is 11.9 Å². The number of rotatable bonds is 3. The number of thiophene rings is 1. The fraction of sp³-hybridized carbons (Fsp3) is 0.154. The van der Waals surface area contributed by atoms with E-state index in [-0.39, 0.29) is 11.7 Å². The van der Waals surface area contributed by atoms with Crippen molar-refractivity contribution in [3.05, 3.63) is 50.4 Å². The minimum atomic E-state index is -0.420. The van der Waals surface area contributed by atoms with E-state index in [9.17, 15) is 9.18 Å². The van der Waals surface area contributed by atoms with E-state index < -0.39 is 6.04 Å². The number of amides is 1. The highest BCUT2D eigenvalue weighted by Crippen LogP contribution is 2.32. The smallest absolute Gasteiger partial charge is 0.246 e. The molecule has 0 radical (unpaired) electrons. The van der Waals surface area contributed by atoms with Gasteiger partial charge in [-0.05, 0) is 40.2 Å². The molecule has 1 aliphatic rings. The van der Waals surface area contributed by atoms with Crippen molar-refractivity contribution in [2.45, 2.75) is 12.6 Å². The standard InChI is InChI=1S/C13H10BrFN2OS/c14-11-4-2-8(19-11)6-16-12-9-3-1-7(15)5-10(9)17-13(12)18/h1-5,12,16H,6H2,(H,17,18). The first-order chi connectivity index (χ1) is 9.13. The Bertz CT molecular complexity index is 643. The summed E-state index contributed by atoms with van der Waals surface area (Å²) in [5.41, 5.74) is 1.34. The molecule has 1 amide bonds. The molecule has 2 aromatic rings. The Morgan fingerprint density at radius 1 is 1.37 bits per heavy atom. The minimum Gasteiger partial charge on any atom is -0.324 e. The third kappa shape index (κ3) is 2.56. The van der Waals surface area contributed by atoms with Gasteiger partial charge >= 0.3 is 0 Å². The summed E-state index contributed by atoms with van der Waals surface area (Å²) in [5, 5.41) is 5.87. The van der Waals surface area contributed by atoms with Gasteiger partial charge in [0.25, 0.3) is 0 Å². The molecule has 3 rings (SSSR count). The zero-order chi connectivity index (χ0) is 13.4. The van der Waals surface area contributed by atoms with E-state index in [2.05, 4.69) is 26.6 Å². The Balaban J connectivity index is 1.77. The van der Waals surface area contributed by atoms with Gasteiger partial charge in [0.15, 0.2) is 0 Å². The number of fused-ring (bicyclic) bond motifs is 1. The fourth-order valence-corrected chi connectivity index (χ4v) is 3.52. The Labute approximate surface area is 122 Å². The summed E-state index contributed by atoms with van der Waals surface area (Å²) in [6.07, 6.45) is 0. The maximum absolute atomic E-state index is 13.1. The number of halogens is 2. The van der Waals surface area contributed by atoms with Crippen molar-refractivity contribution < 1.29 is 9.18 Å². The van der Waals surface area contributed by atoms with E-state index in [0.717, 1.165) is 14.2 Å². The number of carbonyl (C=O) groups excluding carboxylic acids is 1. The van der Waals surface area contributed by atoms with Crippen LogP contribution in [-0.4, -0.2) is 5.91 Å². The van der Waals surface area contributed by atoms with Crippen LogP contribution in [0.5, 0.6) is 0 Å². The molecule has 98 valence electrons. The van der Waals surface area contributed by atoms with Crippen LogP contribution in [0.15, 0.2) is 34.1 Å². The van der Waals surface area contributed by atoms with Gasteiger partial charge in [-0.25, -0.2) is 4.39 Å². The zero-order valence-electron chi connectivity index (χ0n) is 9.74. The summed E-state index contributed by atoms with van der Waals surface area (Å²) >= 11 is 5.02. The molecule has 6 heteroatoms. The molecule has 0 bridgehead atoms. The maximum atomic E-state index is 13.1. The summed E-state index contributed by atoms with van der Waals surface area (Å²) in [4.78, 5) is 13.0. The maximum Gasteiger partial charge on any atom is 0.246 e. The highest BCUT2D eigenvalue weighted by atomic mass is 79.9. The summed E-state index contributed by atoms with van der Waals surface area (Å²) < 4.78 is 14.2. The van der Waals surface area contributed by atoms with Gasteiger partial charge in [0.05, 0.1) is 3.79 Å². The second-order valence-electron chi connectivity index (χ2n) is 4.24. The molecule has 1 aromatic heterocycles. The van der Waals surface area contributed by atoms with Gasteiger partial charge in [0, 0.05) is 22.7 Å². The van der Waals surface area contributed by atoms with Crippen LogP contribution in [0.4, 0.5) is 10.1 Å². The van der Waals surface area contributed by atoms with Crippen molar-refractivity contribution in [1.82, 2.24) is 5.32 Å². The molecule has 19 heavy (non-hydrogen) atoms. The lowest BCUT2D eigenvalue weighted by Crippen LogP contribution is -2.26. The van der Waals surface area contributed by atoms with Gasteiger partial charge in [-0.1, -0.05) is 6.07 Å². The molecule has 1 atom stereocenters. The minimum absolute atomic E-state index is 0.142. The lowest BCUT2D eigenvalue weighted by molar-refractivity contribution is -0.117. The molecular formula is C13H10BrFN2OS. The third-order valence-corrected chi connectivity index (χ3v) is 4.58. The average molecular weight is 341 g/mol. The van der Waals surface area contributed by atoms with E-state index in [0.29, 0.717) is 12.2 Å². The lowest BCUT2D eigenvalue weighted by Gasteiger charge is -2.10. The summed E-state index contributed by atoms with van der Waals surface area (Å²) in [5.74, 6) is -0.488. The van der Waals surface area contributed by atoms with Crippen LogP contribution in [0.3, 0.4) is 0 Å². The van der Waals surface area contributed by atoms with Crippen molar-refractivity contribution in [2.24, 2.45) is 0 Å². The first-order valence-corrected chi connectivity index (χ1v) is 7.32. The molecule has 0 aliphatic carbocycles. The molecule has 1 unspecified atom stereocenters. The van der Waals surface area contributed by atoms with Crippen molar-refractivity contribution in [3.8, 4) is 0 Å². The van der Waals surface area contributed by atoms with Crippen LogP contribution in [0.2, 0.25) is 0 Å². The van der Waals surface area contributed by atoms with Crippen LogP contribution < -0.4 is 10.6 Å². The number of carbonyl (C=O) groups is 1. The lowest BCUT2D eigenvalue weighted by atomic mass is 10.1. The molecule has 1 aromatic carbocycles. The van der Waals surface area contributed by atoms with E-state index in [1.807, 2.05) is 12.1 Å². The van der Waals surface area contributed by atoms with Crippen molar-refractivity contribution in [3.63, 3.8) is 0 Å². The van der Waals surface area contributed by atoms with Gasteiger partial charge in [-0.2, -0.15) is 0 Å². The quantitative estimate of drug-likeness (QED) is 0.898. The van der Waals surface area contributed by atoms with Crippen molar-refractivity contribution in [2.75, 3.05) is 5.32 Å². The van der Waals surface area contributed by atoms with Crippen LogP contribution in [0.1, 0.15) is 16.5 Å². The Morgan fingerprint density at radius 3 is 2.95 bits per heavy atom. The Kier molecular flexibility index (Phi) is 3.38. The van der Waals surface area contributed by atoms with Crippen LogP contribution in [0, 0.1) is 5.82 Å². The highest BCUT2D eigenvalue weighted by molar-refractivity contribution is 9.11. The van der Waals surface area contributed by atoms with Gasteiger partial charge in [-0.15, -0.1) is 11.3 Å². The first kappa shape index (κ1) is 12.8. The molecule has 0 spiro atoms. The van der Waals surface area contributed by atoms with Gasteiger partial charge in [0.2, 0.25) is 5.91 Å². The summed E-state index contributed by atoms with van der Waals surface area (Å²) in [6, 6.07) is 7.91. The topological polar surface area (TPSA) is 41.1 Å². The van der Waals surface area contributed by atoms with Gasteiger partial charge in [-0.3, -0.25) is 10.1 Å². The monoisotopic (exact) mass is 340 g/mol. The normalized spacial score (nSPS) is 17.4. The molecule has 0 fully saturated rings. The molecule has 2 N–H and O–H groups in total. The van der Waals surface area contributed by atoms with E-state index in [4.69, 9.17) is 0 Å².